The number of phenolic OH excluding ortho intramolecular Hbond substituents is 1. The first-order valence-electron chi connectivity index (χ1n) is 7.29. The highest BCUT2D eigenvalue weighted by molar-refractivity contribution is 5.42. The van der Waals surface area contributed by atoms with Crippen LogP contribution in [0.5, 0.6) is 5.75 Å². The zero-order valence-electron chi connectivity index (χ0n) is 11.0. The van der Waals surface area contributed by atoms with Gasteiger partial charge in [-0.25, -0.2) is 0 Å². The van der Waals surface area contributed by atoms with E-state index in [1.165, 1.54) is 49.7 Å². The molecule has 2 nitrogen and oxygen atoms in total. The first-order chi connectivity index (χ1) is 8.76. The van der Waals surface area contributed by atoms with Crippen LogP contribution >= 0.6 is 0 Å². The van der Waals surface area contributed by atoms with Crippen LogP contribution in [0.15, 0.2) is 18.2 Å². The average molecular weight is 245 g/mol. The number of fused-ring (bicyclic) bond motifs is 2. The minimum atomic E-state index is 0.314. The average Bonchev–Trinajstić information content (AvgIpc) is 2.40. The summed E-state index contributed by atoms with van der Waals surface area (Å²) in [6, 6.07) is 5.99. The number of hydrogen-bond donors (Lipinski definition) is 2. The fraction of sp³-hybridized carbons (Fsp3) is 0.625. The molecule has 1 fully saturated rings. The molecule has 1 spiro atoms. The standard InChI is InChI=1S/C16H23NO/c17-11-13-5-4-12-10-14(18)6-7-15(12)16(13)8-2-1-3-9-16/h6-7,10,13,18H,1-5,8-9,11,17H2. The Labute approximate surface area is 109 Å². The molecule has 2 aliphatic rings. The highest BCUT2D eigenvalue weighted by Gasteiger charge is 2.43. The van der Waals surface area contributed by atoms with Crippen LogP contribution in [0, 0.1) is 5.92 Å². The molecule has 0 radical (unpaired) electrons. The first kappa shape index (κ1) is 12.0. The van der Waals surface area contributed by atoms with Crippen molar-refractivity contribution < 1.29 is 5.11 Å². The minimum Gasteiger partial charge on any atom is -0.508 e. The molecule has 0 bridgehead atoms. The van der Waals surface area contributed by atoms with E-state index in [1.807, 2.05) is 12.1 Å². The van der Waals surface area contributed by atoms with Gasteiger partial charge in [0.1, 0.15) is 5.75 Å². The number of phenols is 1. The predicted molar refractivity (Wildman–Crippen MR) is 73.7 cm³/mol. The Balaban J connectivity index is 2.08. The van der Waals surface area contributed by atoms with Gasteiger partial charge >= 0.3 is 0 Å². The second-order valence-corrected chi connectivity index (χ2v) is 6.03. The van der Waals surface area contributed by atoms with Gasteiger partial charge in [0.15, 0.2) is 0 Å². The van der Waals surface area contributed by atoms with Crippen molar-refractivity contribution in [1.29, 1.82) is 0 Å². The molecule has 3 rings (SSSR count). The van der Waals surface area contributed by atoms with Gasteiger partial charge in [0, 0.05) is 0 Å². The van der Waals surface area contributed by atoms with Crippen LogP contribution in [0.1, 0.15) is 49.7 Å². The summed E-state index contributed by atoms with van der Waals surface area (Å²) in [5.74, 6) is 1.04. The monoisotopic (exact) mass is 245 g/mol. The molecular formula is C16H23NO. The quantitative estimate of drug-likeness (QED) is 0.798. The van der Waals surface area contributed by atoms with Crippen LogP contribution in [0.2, 0.25) is 0 Å². The largest absolute Gasteiger partial charge is 0.508 e. The van der Waals surface area contributed by atoms with Crippen molar-refractivity contribution in [3.05, 3.63) is 29.3 Å². The van der Waals surface area contributed by atoms with Crippen LogP contribution in [0.25, 0.3) is 0 Å². The zero-order valence-corrected chi connectivity index (χ0v) is 11.0. The third-order valence-corrected chi connectivity index (χ3v) is 5.20. The Bertz CT molecular complexity index is 435. The molecular weight excluding hydrogens is 222 g/mol. The van der Waals surface area contributed by atoms with Crippen molar-refractivity contribution in [1.82, 2.24) is 0 Å². The summed E-state index contributed by atoms with van der Waals surface area (Å²) in [5.41, 5.74) is 9.21. The lowest BCUT2D eigenvalue weighted by atomic mass is 9.57. The summed E-state index contributed by atoms with van der Waals surface area (Å²) in [6.45, 7) is 0.806. The lowest BCUT2D eigenvalue weighted by Crippen LogP contribution is -2.44. The van der Waals surface area contributed by atoms with Crippen molar-refractivity contribution in [2.24, 2.45) is 11.7 Å². The second kappa shape index (κ2) is 4.58. The van der Waals surface area contributed by atoms with E-state index in [9.17, 15) is 5.11 Å². The Morgan fingerprint density at radius 3 is 2.72 bits per heavy atom. The van der Waals surface area contributed by atoms with Crippen LogP contribution in [-0.2, 0) is 11.8 Å². The van der Waals surface area contributed by atoms with Crippen molar-refractivity contribution in [3.8, 4) is 5.75 Å². The number of benzene rings is 1. The highest BCUT2D eigenvalue weighted by Crippen LogP contribution is 2.50. The van der Waals surface area contributed by atoms with E-state index in [0.717, 1.165) is 13.0 Å². The van der Waals surface area contributed by atoms with E-state index in [-0.39, 0.29) is 0 Å². The summed E-state index contributed by atoms with van der Waals surface area (Å²) in [6.07, 6.45) is 8.86. The van der Waals surface area contributed by atoms with Gasteiger partial charge in [-0.3, -0.25) is 0 Å². The fourth-order valence-electron chi connectivity index (χ4n) is 4.30. The number of nitrogens with two attached hydrogens (primary N) is 1. The Hall–Kier alpha value is -1.02. The van der Waals surface area contributed by atoms with Crippen molar-refractivity contribution in [3.63, 3.8) is 0 Å². The lowest BCUT2D eigenvalue weighted by molar-refractivity contribution is 0.171. The molecule has 1 atom stereocenters. The molecule has 1 unspecified atom stereocenters. The highest BCUT2D eigenvalue weighted by atomic mass is 16.3. The Morgan fingerprint density at radius 2 is 2.00 bits per heavy atom. The lowest BCUT2D eigenvalue weighted by Gasteiger charge is -2.48. The third kappa shape index (κ3) is 1.74. The van der Waals surface area contributed by atoms with Gasteiger partial charge in [-0.1, -0.05) is 25.3 Å². The molecule has 2 heteroatoms. The summed E-state index contributed by atoms with van der Waals surface area (Å²) in [5, 5.41) is 9.67. The van der Waals surface area contributed by atoms with Crippen molar-refractivity contribution in [2.75, 3.05) is 6.54 Å². The first-order valence-corrected chi connectivity index (χ1v) is 7.29. The summed E-state index contributed by atoms with van der Waals surface area (Å²) < 4.78 is 0. The molecule has 0 amide bonds. The molecule has 18 heavy (non-hydrogen) atoms. The molecule has 2 aliphatic carbocycles. The number of rotatable bonds is 1. The topological polar surface area (TPSA) is 46.2 Å². The SMILES string of the molecule is NCC1CCc2cc(O)ccc2C12CCCCC2. The molecule has 1 aromatic rings. The van der Waals surface area contributed by atoms with Gasteiger partial charge in [-0.2, -0.15) is 0 Å². The van der Waals surface area contributed by atoms with Gasteiger partial charge in [-0.15, -0.1) is 0 Å². The van der Waals surface area contributed by atoms with E-state index in [4.69, 9.17) is 5.73 Å². The fourth-order valence-corrected chi connectivity index (χ4v) is 4.30. The second-order valence-electron chi connectivity index (χ2n) is 6.03. The summed E-state index contributed by atoms with van der Waals surface area (Å²) in [7, 11) is 0. The predicted octanol–water partition coefficient (Wildman–Crippen LogP) is 3.12. The molecule has 0 aromatic heterocycles. The minimum absolute atomic E-state index is 0.314. The van der Waals surface area contributed by atoms with Crippen molar-refractivity contribution in [2.45, 2.75) is 50.4 Å². The maximum Gasteiger partial charge on any atom is 0.115 e. The van der Waals surface area contributed by atoms with Gasteiger partial charge in [0.2, 0.25) is 0 Å². The van der Waals surface area contributed by atoms with Crippen LogP contribution < -0.4 is 5.73 Å². The Morgan fingerprint density at radius 1 is 1.22 bits per heavy atom. The molecule has 98 valence electrons. The molecule has 3 N–H and O–H groups in total. The third-order valence-electron chi connectivity index (χ3n) is 5.20. The van der Waals surface area contributed by atoms with Crippen molar-refractivity contribution >= 4 is 0 Å². The zero-order chi connectivity index (χ0) is 12.6. The maximum absolute atomic E-state index is 9.67. The number of aryl methyl sites for hydroxylation is 1. The van der Waals surface area contributed by atoms with Gasteiger partial charge in [0.25, 0.3) is 0 Å². The molecule has 0 saturated heterocycles. The number of aromatic hydroxyl groups is 1. The van der Waals surface area contributed by atoms with E-state index < -0.39 is 0 Å². The van der Waals surface area contributed by atoms with Crippen LogP contribution in [-0.4, -0.2) is 11.7 Å². The smallest absolute Gasteiger partial charge is 0.115 e. The van der Waals surface area contributed by atoms with Gasteiger partial charge in [0.05, 0.1) is 0 Å². The van der Waals surface area contributed by atoms with E-state index in [0.29, 0.717) is 17.1 Å². The van der Waals surface area contributed by atoms with Gasteiger partial charge < -0.3 is 10.8 Å². The van der Waals surface area contributed by atoms with Crippen LogP contribution in [0.4, 0.5) is 0 Å². The molecule has 1 saturated carbocycles. The Kier molecular flexibility index (Phi) is 3.06. The van der Waals surface area contributed by atoms with E-state index in [2.05, 4.69) is 6.07 Å². The number of hydrogen-bond acceptors (Lipinski definition) is 2. The summed E-state index contributed by atoms with van der Waals surface area (Å²) >= 11 is 0. The normalized spacial score (nSPS) is 25.9. The summed E-state index contributed by atoms with van der Waals surface area (Å²) in [4.78, 5) is 0. The van der Waals surface area contributed by atoms with Crippen LogP contribution in [0.3, 0.4) is 0 Å². The molecule has 0 heterocycles. The van der Waals surface area contributed by atoms with E-state index in [1.54, 1.807) is 0 Å². The molecule has 0 aliphatic heterocycles. The molecule has 1 aromatic carbocycles. The maximum atomic E-state index is 9.67. The van der Waals surface area contributed by atoms with E-state index >= 15 is 0 Å². The van der Waals surface area contributed by atoms with Gasteiger partial charge in [-0.05, 0) is 66.8 Å².